The predicted molar refractivity (Wildman–Crippen MR) is 73.9 cm³/mol. The third-order valence-electron chi connectivity index (χ3n) is 3.02. The number of benzene rings is 2. The van der Waals surface area contributed by atoms with Gasteiger partial charge in [0.25, 0.3) is 0 Å². The Balaban J connectivity index is 2.45. The molecule has 0 unspecified atom stereocenters. The fraction of sp³-hybridized carbons (Fsp3) is 0.250. The molecule has 0 fully saturated rings. The molecule has 0 bridgehead atoms. The molecule has 0 amide bonds. The average Bonchev–Trinajstić information content (AvgIpc) is 2.41. The Hall–Kier alpha value is -1.74. The molecule has 0 aliphatic rings. The van der Waals surface area contributed by atoms with Gasteiger partial charge in [-0.05, 0) is 43.3 Å². The Morgan fingerprint density at radius 2 is 1.58 bits per heavy atom. The lowest BCUT2D eigenvalue weighted by Gasteiger charge is -2.09. The van der Waals surface area contributed by atoms with E-state index < -0.39 is 11.6 Å². The Labute approximate surface area is 112 Å². The second-order valence-corrected chi connectivity index (χ2v) is 4.58. The minimum atomic E-state index is -0.398. The number of rotatable bonds is 4. The topological polar surface area (TPSA) is 12.0 Å². The van der Waals surface area contributed by atoms with Crippen LogP contribution in [0.2, 0.25) is 0 Å². The average molecular weight is 261 g/mol. The van der Waals surface area contributed by atoms with Crippen LogP contribution in [0.5, 0.6) is 0 Å². The molecule has 0 aliphatic heterocycles. The van der Waals surface area contributed by atoms with Crippen LogP contribution in [-0.2, 0) is 6.54 Å². The van der Waals surface area contributed by atoms with Crippen molar-refractivity contribution in [2.75, 3.05) is 6.54 Å². The molecule has 0 atom stereocenters. The van der Waals surface area contributed by atoms with E-state index in [0.29, 0.717) is 17.7 Å². The molecule has 1 nitrogen and oxygen atoms in total. The van der Waals surface area contributed by atoms with Crippen LogP contribution in [0.15, 0.2) is 36.4 Å². The molecule has 2 aromatic carbocycles. The summed E-state index contributed by atoms with van der Waals surface area (Å²) in [4.78, 5) is 0. The van der Waals surface area contributed by atoms with Gasteiger partial charge in [0.05, 0.1) is 0 Å². The van der Waals surface area contributed by atoms with Crippen molar-refractivity contribution in [1.82, 2.24) is 5.32 Å². The van der Waals surface area contributed by atoms with Crippen molar-refractivity contribution in [1.29, 1.82) is 0 Å². The van der Waals surface area contributed by atoms with Gasteiger partial charge in [0.15, 0.2) is 0 Å². The van der Waals surface area contributed by atoms with Crippen LogP contribution < -0.4 is 5.32 Å². The van der Waals surface area contributed by atoms with Crippen molar-refractivity contribution < 1.29 is 8.78 Å². The van der Waals surface area contributed by atoms with E-state index in [2.05, 4.69) is 5.32 Å². The standard InChI is InChI=1S/C16H17F2N/c1-3-19-10-12-5-7-16(18)14(9-12)13-8-11(2)4-6-15(13)17/h4-9,19H,3,10H2,1-2H3. The number of nitrogens with one attached hydrogen (secondary N) is 1. The minimum absolute atomic E-state index is 0.316. The van der Waals surface area contributed by atoms with Crippen LogP contribution in [0.4, 0.5) is 8.78 Å². The highest BCUT2D eigenvalue weighted by Crippen LogP contribution is 2.27. The summed E-state index contributed by atoms with van der Waals surface area (Å²) in [5, 5.41) is 3.17. The minimum Gasteiger partial charge on any atom is -0.313 e. The van der Waals surface area contributed by atoms with E-state index in [0.717, 1.165) is 17.7 Å². The summed E-state index contributed by atoms with van der Waals surface area (Å²) >= 11 is 0. The molecular formula is C16H17F2N. The molecule has 0 saturated heterocycles. The maximum absolute atomic E-state index is 13.9. The van der Waals surface area contributed by atoms with Crippen LogP contribution >= 0.6 is 0 Å². The first-order valence-corrected chi connectivity index (χ1v) is 6.37. The summed E-state index contributed by atoms with van der Waals surface area (Å²) in [7, 11) is 0. The van der Waals surface area contributed by atoms with Crippen LogP contribution in [0.25, 0.3) is 11.1 Å². The first-order chi connectivity index (χ1) is 9.11. The first-order valence-electron chi connectivity index (χ1n) is 6.37. The lowest BCUT2D eigenvalue weighted by molar-refractivity contribution is 0.615. The lowest BCUT2D eigenvalue weighted by atomic mass is 10.00. The molecule has 0 aliphatic carbocycles. The first kappa shape index (κ1) is 13.7. The van der Waals surface area contributed by atoms with Crippen molar-refractivity contribution in [3.8, 4) is 11.1 Å². The smallest absolute Gasteiger partial charge is 0.131 e. The molecule has 0 spiro atoms. The summed E-state index contributed by atoms with van der Waals surface area (Å²) in [6.07, 6.45) is 0. The number of hydrogen-bond acceptors (Lipinski definition) is 1. The summed E-state index contributed by atoms with van der Waals surface area (Å²) in [6, 6.07) is 9.54. The molecule has 100 valence electrons. The summed E-state index contributed by atoms with van der Waals surface area (Å²) in [6.45, 7) is 5.36. The SMILES string of the molecule is CCNCc1ccc(F)c(-c2cc(C)ccc2F)c1. The van der Waals surface area contributed by atoms with Gasteiger partial charge in [0.1, 0.15) is 11.6 Å². The fourth-order valence-corrected chi connectivity index (χ4v) is 2.00. The van der Waals surface area contributed by atoms with Crippen molar-refractivity contribution >= 4 is 0 Å². The molecular weight excluding hydrogens is 244 g/mol. The van der Waals surface area contributed by atoms with E-state index in [-0.39, 0.29) is 0 Å². The maximum atomic E-state index is 13.9. The van der Waals surface area contributed by atoms with Crippen molar-refractivity contribution in [3.63, 3.8) is 0 Å². The zero-order valence-electron chi connectivity index (χ0n) is 11.1. The quantitative estimate of drug-likeness (QED) is 0.875. The third-order valence-corrected chi connectivity index (χ3v) is 3.02. The van der Waals surface area contributed by atoms with E-state index in [9.17, 15) is 8.78 Å². The van der Waals surface area contributed by atoms with Gasteiger partial charge in [-0.15, -0.1) is 0 Å². The van der Waals surface area contributed by atoms with Gasteiger partial charge >= 0.3 is 0 Å². The van der Waals surface area contributed by atoms with Crippen molar-refractivity contribution in [3.05, 3.63) is 59.2 Å². The monoisotopic (exact) mass is 261 g/mol. The van der Waals surface area contributed by atoms with Gasteiger partial charge in [-0.1, -0.05) is 24.6 Å². The van der Waals surface area contributed by atoms with Crippen LogP contribution in [-0.4, -0.2) is 6.54 Å². The Bertz CT molecular complexity index is 579. The van der Waals surface area contributed by atoms with Gasteiger partial charge in [-0.3, -0.25) is 0 Å². The van der Waals surface area contributed by atoms with Crippen molar-refractivity contribution in [2.24, 2.45) is 0 Å². The molecule has 1 N–H and O–H groups in total. The highest BCUT2D eigenvalue weighted by Gasteiger charge is 2.11. The van der Waals surface area contributed by atoms with Gasteiger partial charge in [0, 0.05) is 17.7 Å². The lowest BCUT2D eigenvalue weighted by Crippen LogP contribution is -2.11. The zero-order valence-corrected chi connectivity index (χ0v) is 11.1. The third kappa shape index (κ3) is 3.18. The number of hydrogen-bond donors (Lipinski definition) is 1. The fourth-order valence-electron chi connectivity index (χ4n) is 2.00. The normalized spacial score (nSPS) is 10.7. The summed E-state index contributed by atoms with van der Waals surface area (Å²) in [5.41, 5.74) is 2.49. The van der Waals surface area contributed by atoms with Gasteiger partial charge < -0.3 is 5.32 Å². The largest absolute Gasteiger partial charge is 0.313 e. The molecule has 0 radical (unpaired) electrons. The second-order valence-electron chi connectivity index (χ2n) is 4.58. The number of aryl methyl sites for hydroxylation is 1. The van der Waals surface area contributed by atoms with Crippen LogP contribution in [0, 0.1) is 18.6 Å². The van der Waals surface area contributed by atoms with Crippen LogP contribution in [0.3, 0.4) is 0 Å². The molecule has 2 rings (SSSR count). The molecule has 0 aromatic heterocycles. The molecule has 0 saturated carbocycles. The van der Waals surface area contributed by atoms with Gasteiger partial charge in [-0.2, -0.15) is 0 Å². The van der Waals surface area contributed by atoms with Gasteiger partial charge in [-0.25, -0.2) is 8.78 Å². The number of halogens is 2. The van der Waals surface area contributed by atoms with Crippen LogP contribution in [0.1, 0.15) is 18.1 Å². The second kappa shape index (κ2) is 5.93. The van der Waals surface area contributed by atoms with E-state index in [4.69, 9.17) is 0 Å². The highest BCUT2D eigenvalue weighted by atomic mass is 19.1. The molecule has 19 heavy (non-hydrogen) atoms. The maximum Gasteiger partial charge on any atom is 0.131 e. The summed E-state index contributed by atoms with van der Waals surface area (Å²) in [5.74, 6) is -0.796. The van der Waals surface area contributed by atoms with E-state index in [1.165, 1.54) is 12.1 Å². The molecule has 0 heterocycles. The summed E-state index contributed by atoms with van der Waals surface area (Å²) < 4.78 is 27.7. The van der Waals surface area contributed by atoms with E-state index in [1.54, 1.807) is 24.3 Å². The zero-order chi connectivity index (χ0) is 13.8. The Morgan fingerprint density at radius 1 is 0.947 bits per heavy atom. The van der Waals surface area contributed by atoms with Crippen molar-refractivity contribution in [2.45, 2.75) is 20.4 Å². The Kier molecular flexibility index (Phi) is 4.27. The van der Waals surface area contributed by atoms with Gasteiger partial charge in [0.2, 0.25) is 0 Å². The van der Waals surface area contributed by atoms with E-state index >= 15 is 0 Å². The molecule has 2 aromatic rings. The highest BCUT2D eigenvalue weighted by molar-refractivity contribution is 5.66. The Morgan fingerprint density at radius 3 is 2.26 bits per heavy atom. The predicted octanol–water partition coefficient (Wildman–Crippen LogP) is 4.05. The molecule has 3 heteroatoms. The van der Waals surface area contributed by atoms with E-state index in [1.807, 2.05) is 13.8 Å².